The van der Waals surface area contributed by atoms with Gasteiger partial charge < -0.3 is 10.6 Å². The Bertz CT molecular complexity index is 442. The number of rotatable bonds is 4. The minimum atomic E-state index is 0.00599. The zero-order chi connectivity index (χ0) is 13.8. The molecule has 0 aliphatic heterocycles. The van der Waals surface area contributed by atoms with E-state index in [2.05, 4.69) is 23.6 Å². The van der Waals surface area contributed by atoms with Crippen LogP contribution in [-0.2, 0) is 4.79 Å². The zero-order valence-corrected chi connectivity index (χ0v) is 12.1. The van der Waals surface area contributed by atoms with Crippen LogP contribution in [0.2, 0.25) is 0 Å². The summed E-state index contributed by atoms with van der Waals surface area (Å²) < 4.78 is 0. The molecular formula is C16H24N2O. The molecule has 3 nitrogen and oxygen atoms in total. The number of amides is 1. The van der Waals surface area contributed by atoms with Gasteiger partial charge in [-0.2, -0.15) is 0 Å². The number of hydrogen-bond donors (Lipinski definition) is 2. The van der Waals surface area contributed by atoms with Crippen molar-refractivity contribution in [3.63, 3.8) is 0 Å². The molecular weight excluding hydrogens is 236 g/mol. The molecule has 0 radical (unpaired) electrons. The molecule has 3 heteroatoms. The van der Waals surface area contributed by atoms with Gasteiger partial charge in [0.1, 0.15) is 0 Å². The lowest BCUT2D eigenvalue weighted by Crippen LogP contribution is -2.22. The summed E-state index contributed by atoms with van der Waals surface area (Å²) in [7, 11) is 0. The lowest BCUT2D eigenvalue weighted by atomic mass is 10.1. The summed E-state index contributed by atoms with van der Waals surface area (Å²) in [5, 5.41) is 6.52. The molecule has 0 spiro atoms. The molecule has 2 N–H and O–H groups in total. The lowest BCUT2D eigenvalue weighted by Gasteiger charge is -2.19. The molecule has 104 valence electrons. The van der Waals surface area contributed by atoms with Crippen LogP contribution in [-0.4, -0.2) is 11.9 Å². The van der Waals surface area contributed by atoms with E-state index in [4.69, 9.17) is 0 Å². The van der Waals surface area contributed by atoms with Gasteiger partial charge in [0.2, 0.25) is 5.91 Å². The fourth-order valence-electron chi connectivity index (χ4n) is 2.55. The standard InChI is InChI=1S/C16H24N2O/c1-11(2)16(19)18-14-8-5-7-13(10-14)17-15-9-4-6-12(15)3/h5,7-8,10-12,15,17H,4,6,9H2,1-3H3,(H,18,19). The van der Waals surface area contributed by atoms with Crippen LogP contribution < -0.4 is 10.6 Å². The molecule has 1 saturated carbocycles. The largest absolute Gasteiger partial charge is 0.382 e. The molecule has 1 aliphatic carbocycles. The summed E-state index contributed by atoms with van der Waals surface area (Å²) >= 11 is 0. The summed E-state index contributed by atoms with van der Waals surface area (Å²) in [6.45, 7) is 6.10. The Morgan fingerprint density at radius 1 is 1.26 bits per heavy atom. The highest BCUT2D eigenvalue weighted by Gasteiger charge is 2.22. The van der Waals surface area contributed by atoms with Crippen molar-refractivity contribution in [1.29, 1.82) is 0 Å². The molecule has 1 amide bonds. The zero-order valence-electron chi connectivity index (χ0n) is 12.1. The molecule has 0 aromatic heterocycles. The van der Waals surface area contributed by atoms with E-state index in [1.165, 1.54) is 19.3 Å². The molecule has 1 aromatic rings. The number of carbonyl (C=O) groups excluding carboxylic acids is 1. The maximum Gasteiger partial charge on any atom is 0.226 e. The van der Waals surface area contributed by atoms with E-state index in [0.29, 0.717) is 6.04 Å². The smallest absolute Gasteiger partial charge is 0.226 e. The van der Waals surface area contributed by atoms with Crippen LogP contribution >= 0.6 is 0 Å². The molecule has 0 heterocycles. The normalized spacial score (nSPS) is 22.5. The van der Waals surface area contributed by atoms with E-state index in [1.54, 1.807) is 0 Å². The van der Waals surface area contributed by atoms with Crippen molar-refractivity contribution in [3.05, 3.63) is 24.3 Å². The highest BCUT2D eigenvalue weighted by molar-refractivity contribution is 5.92. The number of anilines is 2. The third-order valence-electron chi connectivity index (χ3n) is 3.87. The summed E-state index contributed by atoms with van der Waals surface area (Å²) in [5.74, 6) is 0.798. The Labute approximate surface area is 115 Å². The molecule has 1 aliphatic rings. The van der Waals surface area contributed by atoms with Crippen LogP contribution in [0, 0.1) is 11.8 Å². The number of nitrogens with one attached hydrogen (secondary N) is 2. The van der Waals surface area contributed by atoms with Crippen LogP contribution in [0.1, 0.15) is 40.0 Å². The monoisotopic (exact) mass is 260 g/mol. The first kappa shape index (κ1) is 13.9. The van der Waals surface area contributed by atoms with Gasteiger partial charge in [-0.25, -0.2) is 0 Å². The molecule has 2 rings (SSSR count). The first-order valence-electron chi connectivity index (χ1n) is 7.23. The van der Waals surface area contributed by atoms with Crippen molar-refractivity contribution in [2.24, 2.45) is 11.8 Å². The van der Waals surface area contributed by atoms with Crippen LogP contribution in [0.15, 0.2) is 24.3 Å². The van der Waals surface area contributed by atoms with Crippen molar-refractivity contribution < 1.29 is 4.79 Å². The molecule has 1 aromatic carbocycles. The SMILES string of the molecule is CC(C)C(=O)Nc1cccc(NC2CCCC2C)c1. The second kappa shape index (κ2) is 6.09. The van der Waals surface area contributed by atoms with Crippen molar-refractivity contribution >= 4 is 17.3 Å². The number of carbonyl (C=O) groups is 1. The van der Waals surface area contributed by atoms with Gasteiger partial charge in [0.15, 0.2) is 0 Å². The fraction of sp³-hybridized carbons (Fsp3) is 0.562. The predicted octanol–water partition coefficient (Wildman–Crippen LogP) is 3.88. The van der Waals surface area contributed by atoms with Crippen LogP contribution in [0.5, 0.6) is 0 Å². The molecule has 2 unspecified atom stereocenters. The van der Waals surface area contributed by atoms with Crippen LogP contribution in [0.3, 0.4) is 0 Å². The second-order valence-electron chi connectivity index (χ2n) is 5.88. The quantitative estimate of drug-likeness (QED) is 0.862. The van der Waals surface area contributed by atoms with Crippen molar-refractivity contribution in [3.8, 4) is 0 Å². The predicted molar refractivity (Wildman–Crippen MR) is 80.3 cm³/mol. The third kappa shape index (κ3) is 3.72. The first-order valence-corrected chi connectivity index (χ1v) is 7.23. The van der Waals surface area contributed by atoms with Crippen LogP contribution in [0.25, 0.3) is 0 Å². The molecule has 2 atom stereocenters. The van der Waals surface area contributed by atoms with E-state index in [-0.39, 0.29) is 11.8 Å². The summed E-state index contributed by atoms with van der Waals surface area (Å²) in [6, 6.07) is 8.57. The Kier molecular flexibility index (Phi) is 4.46. The van der Waals surface area contributed by atoms with E-state index >= 15 is 0 Å². The highest BCUT2D eigenvalue weighted by atomic mass is 16.1. The van der Waals surface area contributed by atoms with Gasteiger partial charge in [-0.05, 0) is 37.0 Å². The van der Waals surface area contributed by atoms with E-state index < -0.39 is 0 Å². The molecule has 0 bridgehead atoms. The Morgan fingerprint density at radius 2 is 2.00 bits per heavy atom. The van der Waals surface area contributed by atoms with Gasteiger partial charge in [-0.1, -0.05) is 33.3 Å². The molecule has 1 fully saturated rings. The van der Waals surface area contributed by atoms with Gasteiger partial charge in [0, 0.05) is 23.3 Å². The third-order valence-corrected chi connectivity index (χ3v) is 3.87. The minimum Gasteiger partial charge on any atom is -0.382 e. The topological polar surface area (TPSA) is 41.1 Å². The van der Waals surface area contributed by atoms with Crippen molar-refractivity contribution in [2.45, 2.75) is 46.1 Å². The Morgan fingerprint density at radius 3 is 2.63 bits per heavy atom. The second-order valence-corrected chi connectivity index (χ2v) is 5.88. The Hall–Kier alpha value is -1.51. The first-order chi connectivity index (χ1) is 9.06. The molecule has 0 saturated heterocycles. The lowest BCUT2D eigenvalue weighted by molar-refractivity contribution is -0.118. The Balaban J connectivity index is 2.00. The number of hydrogen-bond acceptors (Lipinski definition) is 2. The van der Waals surface area contributed by atoms with E-state index in [9.17, 15) is 4.79 Å². The minimum absolute atomic E-state index is 0.00599. The molecule has 19 heavy (non-hydrogen) atoms. The van der Waals surface area contributed by atoms with Gasteiger partial charge in [0.05, 0.1) is 0 Å². The van der Waals surface area contributed by atoms with Crippen LogP contribution in [0.4, 0.5) is 11.4 Å². The summed E-state index contributed by atoms with van der Waals surface area (Å²) in [4.78, 5) is 11.7. The van der Waals surface area contributed by atoms with Gasteiger partial charge in [-0.15, -0.1) is 0 Å². The van der Waals surface area contributed by atoms with Gasteiger partial charge in [-0.3, -0.25) is 4.79 Å². The van der Waals surface area contributed by atoms with E-state index in [0.717, 1.165) is 17.3 Å². The van der Waals surface area contributed by atoms with Gasteiger partial charge in [0.25, 0.3) is 0 Å². The summed E-state index contributed by atoms with van der Waals surface area (Å²) in [6.07, 6.45) is 3.85. The van der Waals surface area contributed by atoms with Gasteiger partial charge >= 0.3 is 0 Å². The summed E-state index contributed by atoms with van der Waals surface area (Å²) in [5.41, 5.74) is 1.97. The average Bonchev–Trinajstić information content (AvgIpc) is 2.75. The highest BCUT2D eigenvalue weighted by Crippen LogP contribution is 2.28. The van der Waals surface area contributed by atoms with E-state index in [1.807, 2.05) is 32.0 Å². The van der Waals surface area contributed by atoms with Crippen molar-refractivity contribution in [2.75, 3.05) is 10.6 Å². The fourth-order valence-corrected chi connectivity index (χ4v) is 2.55. The maximum atomic E-state index is 11.7. The maximum absolute atomic E-state index is 11.7. The number of benzene rings is 1. The average molecular weight is 260 g/mol. The van der Waals surface area contributed by atoms with Crippen molar-refractivity contribution in [1.82, 2.24) is 0 Å².